The highest BCUT2D eigenvalue weighted by Gasteiger charge is 2.55. The van der Waals surface area contributed by atoms with E-state index in [1.807, 2.05) is 36.4 Å². The van der Waals surface area contributed by atoms with E-state index >= 15 is 0 Å². The summed E-state index contributed by atoms with van der Waals surface area (Å²) in [6.07, 6.45) is 0. The van der Waals surface area contributed by atoms with Crippen LogP contribution in [0.4, 0.5) is 34.1 Å². The van der Waals surface area contributed by atoms with Gasteiger partial charge in [-0.3, -0.25) is 0 Å². The van der Waals surface area contributed by atoms with Gasteiger partial charge in [0.2, 0.25) is 11.8 Å². The molecule has 2 aliphatic rings. The largest absolute Gasteiger partial charge is 0.435 e. The number of para-hydroxylation sites is 4. The fourth-order valence-electron chi connectivity index (χ4n) is 13.0. The number of anilines is 6. The SMILES string of the molecule is c1ccc(-c2nc3c(N(c4ccccc4)c4ccccc4-c4ccccc4)cc4c(c3o2)-c2c(cc(N(c3ccccc3)c3ccccc3-c3ccccc3)c3nc(-c5ccccc5)oc23)C42c3ccccc3-c3ccccc32)cc1. The van der Waals surface area contributed by atoms with Crippen LogP contribution in [0.1, 0.15) is 22.3 Å². The zero-order valence-corrected chi connectivity index (χ0v) is 43.8. The van der Waals surface area contributed by atoms with E-state index in [2.05, 4.69) is 265 Å². The molecule has 2 aliphatic carbocycles. The highest BCUT2D eigenvalue weighted by Crippen LogP contribution is 2.67. The van der Waals surface area contributed by atoms with Gasteiger partial charge in [-0.05, 0) is 117 Å². The first-order chi connectivity index (χ1) is 40.2. The molecule has 2 heterocycles. The van der Waals surface area contributed by atoms with Crippen LogP contribution in [0.15, 0.2) is 300 Å². The Morgan fingerprint density at radius 2 is 0.580 bits per heavy atom. The summed E-state index contributed by atoms with van der Waals surface area (Å²) in [5, 5.41) is 0. The average molecular weight is 1040 g/mol. The van der Waals surface area contributed by atoms with E-state index < -0.39 is 5.41 Å². The highest BCUT2D eigenvalue weighted by molar-refractivity contribution is 6.16. The second-order valence-electron chi connectivity index (χ2n) is 20.7. The number of aromatic nitrogens is 2. The molecule has 16 rings (SSSR count). The molecule has 0 aliphatic heterocycles. The number of hydrogen-bond acceptors (Lipinski definition) is 6. The molecule has 0 saturated carbocycles. The van der Waals surface area contributed by atoms with Gasteiger partial charge in [0.1, 0.15) is 11.0 Å². The molecule has 12 aromatic carbocycles. The molecule has 0 saturated heterocycles. The van der Waals surface area contributed by atoms with Gasteiger partial charge in [0.05, 0.1) is 28.2 Å². The number of hydrogen-bond donors (Lipinski definition) is 0. The predicted molar refractivity (Wildman–Crippen MR) is 329 cm³/mol. The number of nitrogens with zero attached hydrogens (tertiary/aromatic N) is 4. The molecule has 0 unspecified atom stereocenters. The lowest BCUT2D eigenvalue weighted by Gasteiger charge is -2.33. The second kappa shape index (κ2) is 18.7. The first-order valence-corrected chi connectivity index (χ1v) is 27.5. The second-order valence-corrected chi connectivity index (χ2v) is 20.7. The zero-order chi connectivity index (χ0) is 53.4. The Morgan fingerprint density at radius 1 is 0.272 bits per heavy atom. The smallest absolute Gasteiger partial charge is 0.227 e. The van der Waals surface area contributed by atoms with Gasteiger partial charge in [0.25, 0.3) is 0 Å². The Kier molecular flexibility index (Phi) is 10.7. The molecule has 6 heteroatoms. The summed E-state index contributed by atoms with van der Waals surface area (Å²) in [5.41, 5.74) is 22.2. The Labute approximate surface area is 468 Å². The summed E-state index contributed by atoms with van der Waals surface area (Å²) >= 11 is 0. The van der Waals surface area contributed by atoms with Crippen LogP contribution in [0.5, 0.6) is 0 Å². The third-order valence-electron chi connectivity index (χ3n) is 16.3. The van der Waals surface area contributed by atoms with Crippen molar-refractivity contribution in [3.8, 4) is 67.4 Å². The molecule has 81 heavy (non-hydrogen) atoms. The van der Waals surface area contributed by atoms with Crippen molar-refractivity contribution in [2.24, 2.45) is 0 Å². The molecule has 6 nitrogen and oxygen atoms in total. The first-order valence-electron chi connectivity index (χ1n) is 27.5. The Hall–Kier alpha value is -10.8. The van der Waals surface area contributed by atoms with E-state index in [1.54, 1.807) is 0 Å². The van der Waals surface area contributed by atoms with Crippen LogP contribution in [-0.4, -0.2) is 9.97 Å². The van der Waals surface area contributed by atoms with E-state index in [4.69, 9.17) is 18.8 Å². The summed E-state index contributed by atoms with van der Waals surface area (Å²) in [7, 11) is 0. The summed E-state index contributed by atoms with van der Waals surface area (Å²) in [6, 6.07) is 103. The zero-order valence-electron chi connectivity index (χ0n) is 43.8. The van der Waals surface area contributed by atoms with Crippen molar-refractivity contribution >= 4 is 56.3 Å². The monoisotopic (exact) mass is 1040 g/mol. The molecule has 0 fully saturated rings. The van der Waals surface area contributed by atoms with Gasteiger partial charge in [-0.2, -0.15) is 0 Å². The summed E-state index contributed by atoms with van der Waals surface area (Å²) < 4.78 is 15.0. The summed E-state index contributed by atoms with van der Waals surface area (Å²) in [5.74, 6) is 1.03. The maximum Gasteiger partial charge on any atom is 0.227 e. The van der Waals surface area contributed by atoms with Gasteiger partial charge in [-0.1, -0.05) is 218 Å². The maximum absolute atomic E-state index is 7.52. The van der Waals surface area contributed by atoms with Crippen molar-refractivity contribution in [1.29, 1.82) is 0 Å². The highest BCUT2D eigenvalue weighted by atomic mass is 16.4. The Balaban J connectivity index is 1.10. The number of fused-ring (bicyclic) bond motifs is 14. The molecule has 1 spiro atoms. The standard InChI is InChI=1S/C75H48N4O2/c1-7-27-49(28-8-1)55-39-21-25-45-63(55)78(53-35-15-5-16-36-53)65-47-61-67(71-69(65)76-73(80-71)51-31-11-3-12-32-51)68-62(75(61)59-43-23-19-41-57(59)58-42-20-24-44-60(58)75)48-66(70-72(68)81-74(77-70)52-33-13-4-14-34-52)79(54-37-17-6-18-38-54)64-46-26-22-40-56(64)50-29-9-2-10-30-50/h1-48H. The summed E-state index contributed by atoms with van der Waals surface area (Å²) in [4.78, 5) is 16.1. The normalized spacial score (nSPS) is 12.5. The lowest BCUT2D eigenvalue weighted by atomic mass is 9.70. The van der Waals surface area contributed by atoms with E-state index in [0.29, 0.717) is 34.0 Å². The van der Waals surface area contributed by atoms with Crippen LogP contribution in [-0.2, 0) is 5.41 Å². The quantitative estimate of drug-likeness (QED) is 0.136. The lowest BCUT2D eigenvalue weighted by Crippen LogP contribution is -2.27. The van der Waals surface area contributed by atoms with Gasteiger partial charge >= 0.3 is 0 Å². The Bertz CT molecular complexity index is 4390. The van der Waals surface area contributed by atoms with Crippen LogP contribution >= 0.6 is 0 Å². The topological polar surface area (TPSA) is 58.5 Å². The van der Waals surface area contributed by atoms with Crippen molar-refractivity contribution in [2.75, 3.05) is 9.80 Å². The maximum atomic E-state index is 7.52. The van der Waals surface area contributed by atoms with Crippen LogP contribution < -0.4 is 9.80 Å². The first kappa shape index (κ1) is 46.3. The molecular formula is C75H48N4O2. The van der Waals surface area contributed by atoms with Gasteiger partial charge < -0.3 is 18.6 Å². The van der Waals surface area contributed by atoms with E-state index in [9.17, 15) is 0 Å². The predicted octanol–water partition coefficient (Wildman–Crippen LogP) is 19.9. The van der Waals surface area contributed by atoms with Gasteiger partial charge in [0.15, 0.2) is 11.2 Å². The molecular weight excluding hydrogens is 989 g/mol. The van der Waals surface area contributed by atoms with Gasteiger partial charge in [-0.15, -0.1) is 0 Å². The van der Waals surface area contributed by atoms with Crippen LogP contribution in [0, 0.1) is 0 Å². The molecule has 0 radical (unpaired) electrons. The number of benzene rings is 12. The third kappa shape index (κ3) is 7.14. The number of rotatable bonds is 10. The van der Waals surface area contributed by atoms with E-state index in [0.717, 1.165) is 89.8 Å². The van der Waals surface area contributed by atoms with Crippen LogP contribution in [0.2, 0.25) is 0 Å². The van der Waals surface area contributed by atoms with Crippen molar-refractivity contribution in [3.63, 3.8) is 0 Å². The fourth-order valence-corrected chi connectivity index (χ4v) is 13.0. The summed E-state index contributed by atoms with van der Waals surface area (Å²) in [6.45, 7) is 0. The molecule has 0 atom stereocenters. The van der Waals surface area contributed by atoms with E-state index in [-0.39, 0.29) is 0 Å². The Morgan fingerprint density at radius 3 is 0.963 bits per heavy atom. The van der Waals surface area contributed by atoms with Crippen molar-refractivity contribution < 1.29 is 8.83 Å². The number of oxazole rings is 2. The minimum Gasteiger partial charge on any atom is -0.435 e. The van der Waals surface area contributed by atoms with Crippen molar-refractivity contribution in [1.82, 2.24) is 9.97 Å². The third-order valence-corrected chi connectivity index (χ3v) is 16.3. The van der Waals surface area contributed by atoms with Crippen molar-refractivity contribution in [2.45, 2.75) is 5.41 Å². The minimum atomic E-state index is -0.925. The van der Waals surface area contributed by atoms with Gasteiger partial charge in [0, 0.05) is 44.8 Å². The molecule has 2 aromatic heterocycles. The molecule has 0 amide bonds. The molecule has 14 aromatic rings. The molecule has 380 valence electrons. The van der Waals surface area contributed by atoms with E-state index in [1.165, 1.54) is 22.3 Å². The van der Waals surface area contributed by atoms with Crippen molar-refractivity contribution in [3.05, 3.63) is 313 Å². The molecule has 0 bridgehead atoms. The van der Waals surface area contributed by atoms with Crippen LogP contribution in [0.3, 0.4) is 0 Å². The average Bonchev–Trinajstić information content (AvgIpc) is 4.38. The lowest BCUT2D eigenvalue weighted by molar-refractivity contribution is 0.616. The fraction of sp³-hybridized carbons (Fsp3) is 0.0133. The van der Waals surface area contributed by atoms with Crippen LogP contribution in [0.25, 0.3) is 89.6 Å². The minimum absolute atomic E-state index is 0.516. The molecule has 0 N–H and O–H groups in total. The van der Waals surface area contributed by atoms with Gasteiger partial charge in [-0.25, -0.2) is 9.97 Å².